The lowest BCUT2D eigenvalue weighted by Crippen LogP contribution is -1.99. The van der Waals surface area contributed by atoms with Gasteiger partial charge in [0.25, 0.3) is 0 Å². The molecule has 0 amide bonds. The third-order valence-electron chi connectivity index (χ3n) is 2.36. The van der Waals surface area contributed by atoms with Gasteiger partial charge in [-0.15, -0.1) is 0 Å². The molecule has 16 heavy (non-hydrogen) atoms. The summed E-state index contributed by atoms with van der Waals surface area (Å²) in [6.45, 7) is 5.60. The molecular weight excluding hydrogens is 271 g/mol. The SMILES string of the molecule is CC(C)CCCOCc1cccc(F)c1Br. The molecule has 1 aromatic rings. The Morgan fingerprint density at radius 2 is 2.12 bits per heavy atom. The fourth-order valence-electron chi connectivity index (χ4n) is 1.44. The summed E-state index contributed by atoms with van der Waals surface area (Å²) >= 11 is 3.22. The molecule has 3 heteroatoms. The lowest BCUT2D eigenvalue weighted by Gasteiger charge is -2.08. The van der Waals surface area contributed by atoms with Crippen molar-refractivity contribution in [1.82, 2.24) is 0 Å². The van der Waals surface area contributed by atoms with Crippen molar-refractivity contribution in [3.63, 3.8) is 0 Å². The summed E-state index contributed by atoms with van der Waals surface area (Å²) in [7, 11) is 0. The van der Waals surface area contributed by atoms with Crippen LogP contribution in [-0.2, 0) is 11.3 Å². The number of ether oxygens (including phenoxy) is 1. The fraction of sp³-hybridized carbons (Fsp3) is 0.538. The van der Waals surface area contributed by atoms with Crippen LogP contribution < -0.4 is 0 Å². The van der Waals surface area contributed by atoms with Gasteiger partial charge < -0.3 is 4.74 Å². The van der Waals surface area contributed by atoms with Crippen LogP contribution in [0.4, 0.5) is 4.39 Å². The number of hydrogen-bond acceptors (Lipinski definition) is 1. The lowest BCUT2D eigenvalue weighted by atomic mass is 10.1. The second-order valence-electron chi connectivity index (χ2n) is 4.30. The highest BCUT2D eigenvalue weighted by molar-refractivity contribution is 9.10. The highest BCUT2D eigenvalue weighted by Gasteiger charge is 2.04. The van der Waals surface area contributed by atoms with Crippen molar-refractivity contribution in [2.45, 2.75) is 33.3 Å². The van der Waals surface area contributed by atoms with Crippen LogP contribution in [0.25, 0.3) is 0 Å². The zero-order chi connectivity index (χ0) is 12.0. The summed E-state index contributed by atoms with van der Waals surface area (Å²) in [4.78, 5) is 0. The third-order valence-corrected chi connectivity index (χ3v) is 3.25. The highest BCUT2D eigenvalue weighted by atomic mass is 79.9. The fourth-order valence-corrected chi connectivity index (χ4v) is 1.81. The molecule has 0 aliphatic heterocycles. The van der Waals surface area contributed by atoms with Gasteiger partial charge in [0.1, 0.15) is 5.82 Å². The molecular formula is C13H18BrFO. The number of halogens is 2. The minimum Gasteiger partial charge on any atom is -0.377 e. The predicted molar refractivity (Wildman–Crippen MR) is 67.8 cm³/mol. The molecule has 0 N–H and O–H groups in total. The van der Waals surface area contributed by atoms with E-state index in [9.17, 15) is 4.39 Å². The summed E-state index contributed by atoms with van der Waals surface area (Å²) in [6.07, 6.45) is 2.23. The maximum Gasteiger partial charge on any atom is 0.137 e. The van der Waals surface area contributed by atoms with Crippen LogP contribution in [0.1, 0.15) is 32.3 Å². The average Bonchev–Trinajstić information content (AvgIpc) is 2.23. The molecule has 0 radical (unpaired) electrons. The van der Waals surface area contributed by atoms with Crippen LogP contribution in [0.15, 0.2) is 22.7 Å². The Morgan fingerprint density at radius 3 is 2.81 bits per heavy atom. The minimum atomic E-state index is -0.233. The first-order valence-electron chi connectivity index (χ1n) is 5.62. The standard InChI is InChI=1S/C13H18BrFO/c1-10(2)5-4-8-16-9-11-6-3-7-12(15)13(11)14/h3,6-7,10H,4-5,8-9H2,1-2H3. The van der Waals surface area contributed by atoms with Crippen molar-refractivity contribution < 1.29 is 9.13 Å². The first-order valence-corrected chi connectivity index (χ1v) is 6.41. The van der Waals surface area contributed by atoms with Crippen LogP contribution in [-0.4, -0.2) is 6.61 Å². The van der Waals surface area contributed by atoms with Gasteiger partial charge in [0.05, 0.1) is 11.1 Å². The number of rotatable bonds is 6. The van der Waals surface area contributed by atoms with E-state index in [0.717, 1.165) is 18.6 Å². The van der Waals surface area contributed by atoms with E-state index in [1.807, 2.05) is 6.07 Å². The van der Waals surface area contributed by atoms with E-state index < -0.39 is 0 Å². The Morgan fingerprint density at radius 1 is 1.38 bits per heavy atom. The lowest BCUT2D eigenvalue weighted by molar-refractivity contribution is 0.114. The highest BCUT2D eigenvalue weighted by Crippen LogP contribution is 2.21. The van der Waals surface area contributed by atoms with E-state index in [-0.39, 0.29) is 5.82 Å². The minimum absolute atomic E-state index is 0.233. The van der Waals surface area contributed by atoms with E-state index in [0.29, 0.717) is 17.0 Å². The molecule has 0 unspecified atom stereocenters. The van der Waals surface area contributed by atoms with Gasteiger partial charge in [-0.1, -0.05) is 26.0 Å². The maximum atomic E-state index is 13.2. The third kappa shape index (κ3) is 4.62. The summed E-state index contributed by atoms with van der Waals surface area (Å²) < 4.78 is 19.2. The summed E-state index contributed by atoms with van der Waals surface area (Å²) in [5.41, 5.74) is 0.865. The van der Waals surface area contributed by atoms with Crippen molar-refractivity contribution in [2.75, 3.05) is 6.61 Å². The largest absolute Gasteiger partial charge is 0.377 e. The Hall–Kier alpha value is -0.410. The van der Waals surface area contributed by atoms with E-state index in [2.05, 4.69) is 29.8 Å². The van der Waals surface area contributed by atoms with Crippen LogP contribution >= 0.6 is 15.9 Å². The monoisotopic (exact) mass is 288 g/mol. The van der Waals surface area contributed by atoms with Crippen LogP contribution in [0, 0.1) is 11.7 Å². The van der Waals surface area contributed by atoms with Gasteiger partial charge >= 0.3 is 0 Å². The average molecular weight is 289 g/mol. The van der Waals surface area contributed by atoms with Crippen molar-refractivity contribution in [1.29, 1.82) is 0 Å². The van der Waals surface area contributed by atoms with Gasteiger partial charge in [-0.05, 0) is 46.3 Å². The van der Waals surface area contributed by atoms with E-state index >= 15 is 0 Å². The first-order chi connectivity index (χ1) is 7.61. The van der Waals surface area contributed by atoms with Crippen LogP contribution in [0.3, 0.4) is 0 Å². The van der Waals surface area contributed by atoms with Gasteiger partial charge in [0.2, 0.25) is 0 Å². The molecule has 1 aromatic carbocycles. The van der Waals surface area contributed by atoms with Gasteiger partial charge in [-0.25, -0.2) is 4.39 Å². The van der Waals surface area contributed by atoms with E-state index in [1.165, 1.54) is 12.5 Å². The van der Waals surface area contributed by atoms with Gasteiger partial charge in [0, 0.05) is 6.61 Å². The van der Waals surface area contributed by atoms with Crippen molar-refractivity contribution in [3.8, 4) is 0 Å². The second kappa shape index (κ2) is 7.02. The Labute approximate surface area is 105 Å². The molecule has 0 saturated carbocycles. The molecule has 0 heterocycles. The molecule has 0 bridgehead atoms. The molecule has 0 spiro atoms. The van der Waals surface area contributed by atoms with E-state index in [4.69, 9.17) is 4.74 Å². The summed E-state index contributed by atoms with van der Waals surface area (Å²) in [6, 6.07) is 5.01. The summed E-state index contributed by atoms with van der Waals surface area (Å²) in [5, 5.41) is 0. The Kier molecular flexibility index (Phi) is 5.99. The molecule has 1 nitrogen and oxygen atoms in total. The zero-order valence-electron chi connectivity index (χ0n) is 9.80. The second-order valence-corrected chi connectivity index (χ2v) is 5.09. The van der Waals surface area contributed by atoms with Crippen molar-refractivity contribution >= 4 is 15.9 Å². The predicted octanol–water partition coefficient (Wildman–Crippen LogP) is 4.54. The Bertz CT molecular complexity index is 326. The molecule has 1 rings (SSSR count). The van der Waals surface area contributed by atoms with Gasteiger partial charge in [-0.3, -0.25) is 0 Å². The van der Waals surface area contributed by atoms with Crippen molar-refractivity contribution in [3.05, 3.63) is 34.1 Å². The van der Waals surface area contributed by atoms with E-state index in [1.54, 1.807) is 6.07 Å². The number of benzene rings is 1. The molecule has 0 saturated heterocycles. The quantitative estimate of drug-likeness (QED) is 0.698. The molecule has 0 aliphatic carbocycles. The van der Waals surface area contributed by atoms with Crippen molar-refractivity contribution in [2.24, 2.45) is 5.92 Å². The zero-order valence-corrected chi connectivity index (χ0v) is 11.4. The molecule has 90 valence electrons. The molecule has 0 atom stereocenters. The normalized spacial score (nSPS) is 11.1. The molecule has 0 aromatic heterocycles. The topological polar surface area (TPSA) is 9.23 Å². The van der Waals surface area contributed by atoms with Crippen LogP contribution in [0.5, 0.6) is 0 Å². The van der Waals surface area contributed by atoms with Crippen LogP contribution in [0.2, 0.25) is 0 Å². The summed E-state index contributed by atoms with van der Waals surface area (Å²) in [5.74, 6) is 0.479. The molecule has 0 fully saturated rings. The number of hydrogen-bond donors (Lipinski definition) is 0. The van der Waals surface area contributed by atoms with Gasteiger partial charge in [-0.2, -0.15) is 0 Å². The Balaban J connectivity index is 2.29. The van der Waals surface area contributed by atoms with Gasteiger partial charge in [0.15, 0.2) is 0 Å². The first kappa shape index (κ1) is 13.7. The maximum absolute atomic E-state index is 13.2. The smallest absolute Gasteiger partial charge is 0.137 e. The molecule has 0 aliphatic rings.